The van der Waals surface area contributed by atoms with Crippen molar-refractivity contribution in [1.29, 1.82) is 0 Å². The lowest BCUT2D eigenvalue weighted by molar-refractivity contribution is -0.407. The lowest BCUT2D eigenvalue weighted by atomic mass is 10.0. The van der Waals surface area contributed by atoms with Crippen molar-refractivity contribution in [1.82, 2.24) is 0 Å². The third-order valence-corrected chi connectivity index (χ3v) is 3.12. The number of carboxylic acid groups (broad SMARTS) is 1. The predicted octanol–water partition coefficient (Wildman–Crippen LogP) is 0.512. The minimum absolute atomic E-state index is 0.0701. The summed E-state index contributed by atoms with van der Waals surface area (Å²) in [5, 5.41) is 10.8. The summed E-state index contributed by atoms with van der Waals surface area (Å²) in [5.74, 6) is -1.44. The highest BCUT2D eigenvalue weighted by Gasteiger charge is 2.12. The van der Waals surface area contributed by atoms with Crippen LogP contribution in [0.15, 0.2) is 30.3 Å². The van der Waals surface area contributed by atoms with E-state index >= 15 is 0 Å². The molecule has 1 rings (SSSR count). The normalized spacial score (nSPS) is 11.4. The molecule has 0 bridgehead atoms. The lowest BCUT2D eigenvalue weighted by Crippen LogP contribution is -2.57. The zero-order chi connectivity index (χ0) is 15.5. The average molecular weight is 297 g/mol. The van der Waals surface area contributed by atoms with Crippen molar-refractivity contribution >= 4 is 22.8 Å². The fraction of sp³-hybridized carbons (Fsp3) is 0.467. The first-order valence-corrected chi connectivity index (χ1v) is 7.52. The number of carboxylic acids is 1. The van der Waals surface area contributed by atoms with Crippen LogP contribution in [0, 0.1) is 5.92 Å². The number of aliphatic carboxylic acids is 1. The maximum atomic E-state index is 10.9. The Morgan fingerprint density at radius 3 is 2.15 bits per heavy atom. The Bertz CT molecular complexity index is 404. The van der Waals surface area contributed by atoms with Crippen molar-refractivity contribution in [3.05, 3.63) is 35.9 Å². The molecule has 20 heavy (non-hydrogen) atoms. The van der Waals surface area contributed by atoms with Gasteiger partial charge in [-0.1, -0.05) is 42.1 Å². The quantitative estimate of drug-likeness (QED) is 0.858. The molecule has 0 aromatic heterocycles. The molecule has 0 spiro atoms. The van der Waals surface area contributed by atoms with Crippen LogP contribution < -0.4 is 10.8 Å². The molecule has 0 fully saturated rings. The van der Waals surface area contributed by atoms with Crippen molar-refractivity contribution < 1.29 is 20.4 Å². The molecule has 0 saturated heterocycles. The highest BCUT2D eigenvalue weighted by molar-refractivity contribution is 8.13. The van der Waals surface area contributed by atoms with Gasteiger partial charge in [0.15, 0.2) is 5.12 Å². The Labute approximate surface area is 124 Å². The topological polar surface area (TPSA) is 84.8 Å². The molecule has 0 aliphatic heterocycles. The molecule has 5 heteroatoms. The van der Waals surface area contributed by atoms with Gasteiger partial charge >= 0.3 is 0 Å². The van der Waals surface area contributed by atoms with Crippen molar-refractivity contribution in [2.75, 3.05) is 5.75 Å². The highest BCUT2D eigenvalue weighted by Crippen LogP contribution is 2.14. The van der Waals surface area contributed by atoms with E-state index in [1.807, 2.05) is 30.3 Å². The van der Waals surface area contributed by atoms with E-state index in [-0.39, 0.29) is 10.9 Å². The molecular weight excluding hydrogens is 274 g/mol. The number of hydrogen-bond donors (Lipinski definition) is 1. The van der Waals surface area contributed by atoms with E-state index in [1.54, 1.807) is 0 Å². The van der Waals surface area contributed by atoms with E-state index in [2.05, 4.69) is 19.6 Å². The number of carbonyl (C=O) groups is 2. The molecule has 4 nitrogen and oxygen atoms in total. The number of carbonyl (C=O) groups excluding carboxylic acids is 2. The Morgan fingerprint density at radius 2 is 1.75 bits per heavy atom. The third-order valence-electron chi connectivity index (χ3n) is 2.15. The van der Waals surface area contributed by atoms with E-state index < -0.39 is 11.9 Å². The molecular formula is C15H23NO3S. The van der Waals surface area contributed by atoms with Crippen LogP contribution in [0.25, 0.3) is 0 Å². The van der Waals surface area contributed by atoms with Crippen molar-refractivity contribution in [2.24, 2.45) is 5.92 Å². The molecule has 1 unspecified atom stereocenters. The second-order valence-corrected chi connectivity index (χ2v) is 6.10. The first kappa shape index (κ1) is 18.7. The van der Waals surface area contributed by atoms with E-state index in [0.29, 0.717) is 12.5 Å². The maximum Gasteiger partial charge on any atom is 0.185 e. The molecule has 0 aliphatic rings. The lowest BCUT2D eigenvalue weighted by Gasteiger charge is -2.16. The van der Waals surface area contributed by atoms with Crippen LogP contribution in [-0.4, -0.2) is 22.9 Å². The molecule has 0 amide bonds. The minimum atomic E-state index is -1.10. The van der Waals surface area contributed by atoms with Gasteiger partial charge in [0.05, 0.1) is 6.04 Å². The Kier molecular flexibility index (Phi) is 9.76. The van der Waals surface area contributed by atoms with Crippen molar-refractivity contribution in [3.63, 3.8) is 0 Å². The van der Waals surface area contributed by atoms with Gasteiger partial charge < -0.3 is 15.6 Å². The average Bonchev–Trinajstić information content (AvgIpc) is 2.34. The maximum absolute atomic E-state index is 10.9. The number of benzene rings is 1. The van der Waals surface area contributed by atoms with Gasteiger partial charge in [0.25, 0.3) is 0 Å². The molecule has 0 radical (unpaired) electrons. The summed E-state index contributed by atoms with van der Waals surface area (Å²) in [7, 11) is 0. The van der Waals surface area contributed by atoms with Gasteiger partial charge in [-0.05, 0) is 25.8 Å². The van der Waals surface area contributed by atoms with Gasteiger partial charge in [-0.2, -0.15) is 0 Å². The fourth-order valence-corrected chi connectivity index (χ4v) is 2.02. The van der Waals surface area contributed by atoms with Crippen LogP contribution in [0.4, 0.5) is 0 Å². The van der Waals surface area contributed by atoms with E-state index in [1.165, 1.54) is 6.92 Å². The second kappa shape index (κ2) is 10.5. The van der Waals surface area contributed by atoms with Gasteiger partial charge in [-0.15, -0.1) is 0 Å². The summed E-state index contributed by atoms with van der Waals surface area (Å²) in [5.41, 5.74) is 4.58. The molecule has 0 aliphatic carbocycles. The number of quaternary nitrogens is 1. The first-order chi connectivity index (χ1) is 9.32. The largest absolute Gasteiger partial charge is 0.550 e. The van der Waals surface area contributed by atoms with Gasteiger partial charge in [0.2, 0.25) is 0 Å². The zero-order valence-electron chi connectivity index (χ0n) is 12.3. The molecule has 112 valence electrons. The van der Waals surface area contributed by atoms with Gasteiger partial charge in [0.1, 0.15) is 0 Å². The predicted molar refractivity (Wildman–Crippen MR) is 79.8 cm³/mol. The number of hydrogen-bond acceptors (Lipinski definition) is 4. The monoisotopic (exact) mass is 297 g/mol. The standard InChI is InChI=1S/C12H14O3S.C3H9N/c1-9(13)16-8-11(12(14)15)7-10-5-3-2-4-6-10;1-3(2)4/h2-6,11H,7-8H2,1H3,(H,14,15);3H,4H2,1-2H3. The zero-order valence-corrected chi connectivity index (χ0v) is 13.1. The summed E-state index contributed by atoms with van der Waals surface area (Å²) in [6, 6.07) is 9.92. The van der Waals surface area contributed by atoms with Crippen LogP contribution in [0.3, 0.4) is 0 Å². The minimum Gasteiger partial charge on any atom is -0.550 e. The number of rotatable bonds is 5. The third kappa shape index (κ3) is 10.6. The van der Waals surface area contributed by atoms with E-state index in [0.717, 1.165) is 17.3 Å². The summed E-state index contributed by atoms with van der Waals surface area (Å²) in [6.07, 6.45) is 0.406. The summed E-state index contributed by atoms with van der Waals surface area (Å²) in [6.45, 7) is 5.54. The van der Waals surface area contributed by atoms with Crippen LogP contribution in [-0.2, 0) is 16.0 Å². The van der Waals surface area contributed by atoms with Crippen LogP contribution in [0.2, 0.25) is 0 Å². The molecule has 0 saturated carbocycles. The fourth-order valence-electron chi connectivity index (χ4n) is 1.33. The summed E-state index contributed by atoms with van der Waals surface area (Å²) in [4.78, 5) is 21.7. The van der Waals surface area contributed by atoms with Crippen LogP contribution >= 0.6 is 11.8 Å². The van der Waals surface area contributed by atoms with Crippen molar-refractivity contribution in [2.45, 2.75) is 33.2 Å². The van der Waals surface area contributed by atoms with Gasteiger partial charge in [0, 0.05) is 24.6 Å². The van der Waals surface area contributed by atoms with E-state index in [9.17, 15) is 14.7 Å². The highest BCUT2D eigenvalue weighted by atomic mass is 32.2. The molecule has 1 aromatic carbocycles. The summed E-state index contributed by atoms with van der Waals surface area (Å²) >= 11 is 1.03. The van der Waals surface area contributed by atoms with Crippen LogP contribution in [0.1, 0.15) is 26.3 Å². The molecule has 1 atom stereocenters. The smallest absolute Gasteiger partial charge is 0.185 e. The Hall–Kier alpha value is -1.33. The van der Waals surface area contributed by atoms with Crippen LogP contribution in [0.5, 0.6) is 0 Å². The Morgan fingerprint density at radius 1 is 1.25 bits per heavy atom. The molecule has 3 N–H and O–H groups in total. The van der Waals surface area contributed by atoms with Gasteiger partial charge in [-0.3, -0.25) is 4.79 Å². The number of thioether (sulfide) groups is 1. The Balaban J connectivity index is 0.000000796. The molecule has 1 aromatic rings. The van der Waals surface area contributed by atoms with Gasteiger partial charge in [-0.25, -0.2) is 0 Å². The summed E-state index contributed by atoms with van der Waals surface area (Å²) < 4.78 is 0. The molecule has 0 heterocycles. The van der Waals surface area contributed by atoms with Crippen molar-refractivity contribution in [3.8, 4) is 0 Å². The second-order valence-electron chi connectivity index (χ2n) is 4.90. The first-order valence-electron chi connectivity index (χ1n) is 6.54. The SMILES string of the molecule is CC(=O)SCC(Cc1ccccc1)C(=O)[O-].CC(C)[NH3+]. The van der Waals surface area contributed by atoms with E-state index in [4.69, 9.17) is 0 Å².